The number of nitrogens with two attached hydrogens (primary N) is 2. The zero-order valence-electron chi connectivity index (χ0n) is 9.14. The van der Waals surface area contributed by atoms with Gasteiger partial charge in [-0.05, 0) is 18.1 Å². The topological polar surface area (TPSA) is 98.2 Å². The summed E-state index contributed by atoms with van der Waals surface area (Å²) in [6, 6.07) is 6.73. The van der Waals surface area contributed by atoms with Gasteiger partial charge in [0.1, 0.15) is 11.6 Å². The van der Waals surface area contributed by atoms with E-state index in [1.54, 1.807) is 0 Å². The first-order valence-electron chi connectivity index (χ1n) is 5.29. The first-order valence-corrected chi connectivity index (χ1v) is 5.29. The van der Waals surface area contributed by atoms with E-state index < -0.39 is 11.9 Å². The lowest BCUT2D eigenvalue weighted by molar-refractivity contribution is -0.119. The van der Waals surface area contributed by atoms with E-state index in [4.69, 9.17) is 11.5 Å². The van der Waals surface area contributed by atoms with Crippen molar-refractivity contribution in [2.75, 3.05) is 5.32 Å². The van der Waals surface area contributed by atoms with Crippen molar-refractivity contribution in [3.05, 3.63) is 35.5 Å². The highest BCUT2D eigenvalue weighted by Gasteiger charge is 2.30. The number of benzene rings is 1. The number of amides is 1. The lowest BCUT2D eigenvalue weighted by atomic mass is 9.92. The van der Waals surface area contributed by atoms with Crippen LogP contribution in [0.2, 0.25) is 0 Å². The summed E-state index contributed by atoms with van der Waals surface area (Å²) in [6.45, 7) is 0. The van der Waals surface area contributed by atoms with E-state index in [0.29, 0.717) is 12.1 Å². The summed E-state index contributed by atoms with van der Waals surface area (Å²) in [5, 5.41) is 2.96. The fourth-order valence-corrected chi connectivity index (χ4v) is 2.01. The largest absolute Gasteiger partial charge is 0.368 e. The van der Waals surface area contributed by atoms with Crippen LogP contribution in [0.1, 0.15) is 17.9 Å². The summed E-state index contributed by atoms with van der Waals surface area (Å²) >= 11 is 0. The number of nitrogens with one attached hydrogen (secondary N) is 1. The average Bonchev–Trinajstić information content (AvgIpc) is 2.67. The van der Waals surface area contributed by atoms with Crippen LogP contribution in [0.15, 0.2) is 30.0 Å². The zero-order chi connectivity index (χ0) is 12.4. The van der Waals surface area contributed by atoms with E-state index >= 15 is 0 Å². The van der Waals surface area contributed by atoms with E-state index in [1.165, 1.54) is 0 Å². The van der Waals surface area contributed by atoms with Crippen LogP contribution in [-0.4, -0.2) is 17.9 Å². The molecule has 0 aliphatic carbocycles. The van der Waals surface area contributed by atoms with Crippen LogP contribution >= 0.6 is 0 Å². The first-order chi connectivity index (χ1) is 8.13. The number of para-hydroxylation sites is 1. The molecule has 5 N–H and O–H groups in total. The van der Waals surface area contributed by atoms with Crippen LogP contribution in [0.3, 0.4) is 0 Å². The quantitative estimate of drug-likeness (QED) is 0.643. The molecule has 2 unspecified atom stereocenters. The van der Waals surface area contributed by atoms with Gasteiger partial charge in [-0.1, -0.05) is 18.2 Å². The molecule has 1 heterocycles. The standard InChI is InChI=1S/C12H13N3O2/c13-9(12(14)17)5-8-7-3-1-2-4-10(7)15-11(8)6-16/h1-4,8-9,15H,5,13H2,(H2,14,17). The first kappa shape index (κ1) is 11.4. The molecule has 88 valence electrons. The number of carbonyl (C=O) groups excluding carboxylic acids is 2. The van der Waals surface area contributed by atoms with Crippen LogP contribution in [0.5, 0.6) is 0 Å². The van der Waals surface area contributed by atoms with Gasteiger partial charge in [-0.25, -0.2) is 4.79 Å². The van der Waals surface area contributed by atoms with Gasteiger partial charge in [-0.2, -0.15) is 0 Å². The number of hydrogen-bond donors (Lipinski definition) is 3. The second-order valence-electron chi connectivity index (χ2n) is 4.03. The van der Waals surface area contributed by atoms with Crippen molar-refractivity contribution in [1.29, 1.82) is 0 Å². The van der Waals surface area contributed by atoms with E-state index in [0.717, 1.165) is 11.3 Å². The van der Waals surface area contributed by atoms with Gasteiger partial charge in [0.15, 0.2) is 0 Å². The van der Waals surface area contributed by atoms with Gasteiger partial charge in [-0.15, -0.1) is 0 Å². The van der Waals surface area contributed by atoms with Crippen molar-refractivity contribution in [3.8, 4) is 0 Å². The van der Waals surface area contributed by atoms with Crippen LogP contribution in [0.25, 0.3) is 0 Å². The van der Waals surface area contributed by atoms with Gasteiger partial charge in [0.05, 0.1) is 6.04 Å². The molecule has 1 aliphatic rings. The second-order valence-corrected chi connectivity index (χ2v) is 4.03. The third kappa shape index (κ3) is 2.06. The van der Waals surface area contributed by atoms with Gasteiger partial charge in [0, 0.05) is 11.6 Å². The predicted molar refractivity (Wildman–Crippen MR) is 63.8 cm³/mol. The second kappa shape index (κ2) is 4.41. The van der Waals surface area contributed by atoms with Crippen LogP contribution in [0.4, 0.5) is 5.69 Å². The molecule has 0 bridgehead atoms. The molecule has 0 spiro atoms. The lowest BCUT2D eigenvalue weighted by Crippen LogP contribution is -2.37. The van der Waals surface area contributed by atoms with Crippen molar-refractivity contribution < 1.29 is 9.59 Å². The van der Waals surface area contributed by atoms with Crippen molar-refractivity contribution in [2.24, 2.45) is 11.5 Å². The minimum absolute atomic E-state index is 0.230. The highest BCUT2D eigenvalue weighted by Crippen LogP contribution is 2.39. The molecular formula is C12H13N3O2. The Morgan fingerprint density at radius 3 is 2.82 bits per heavy atom. The number of carbonyl (C=O) groups is 1. The Morgan fingerprint density at radius 2 is 2.18 bits per heavy atom. The number of anilines is 1. The normalized spacial score (nSPS) is 19.1. The molecule has 1 aliphatic heterocycles. The predicted octanol–water partition coefficient (Wildman–Crippen LogP) is 0.114. The van der Waals surface area contributed by atoms with Gasteiger partial charge < -0.3 is 16.8 Å². The number of primary amides is 1. The molecule has 2 rings (SSSR count). The summed E-state index contributed by atoms with van der Waals surface area (Å²) in [6.07, 6.45) is 0.309. The minimum Gasteiger partial charge on any atom is -0.368 e. The van der Waals surface area contributed by atoms with E-state index in [1.807, 2.05) is 30.2 Å². The maximum atomic E-state index is 11.0. The van der Waals surface area contributed by atoms with E-state index in [2.05, 4.69) is 5.32 Å². The summed E-state index contributed by atoms with van der Waals surface area (Å²) in [5.74, 6) is 1.05. The highest BCUT2D eigenvalue weighted by molar-refractivity contribution is 5.81. The fraction of sp³-hybridized carbons (Fsp3) is 0.250. The van der Waals surface area contributed by atoms with E-state index in [-0.39, 0.29) is 5.92 Å². The molecular weight excluding hydrogens is 218 g/mol. The molecule has 5 nitrogen and oxygen atoms in total. The minimum atomic E-state index is -0.767. The third-order valence-corrected chi connectivity index (χ3v) is 2.92. The molecule has 1 aromatic carbocycles. The molecule has 0 saturated carbocycles. The van der Waals surface area contributed by atoms with Crippen LogP contribution in [-0.2, 0) is 9.59 Å². The van der Waals surface area contributed by atoms with Crippen molar-refractivity contribution >= 4 is 17.5 Å². The molecule has 0 fully saturated rings. The van der Waals surface area contributed by atoms with E-state index in [9.17, 15) is 9.59 Å². The number of fused-ring (bicyclic) bond motifs is 1. The number of rotatable bonds is 3. The molecule has 0 aromatic heterocycles. The molecule has 1 aromatic rings. The Hall–Kier alpha value is -2.10. The molecule has 2 atom stereocenters. The number of allylic oxidation sites excluding steroid dienone is 1. The van der Waals surface area contributed by atoms with Gasteiger partial charge in [0.25, 0.3) is 0 Å². The monoisotopic (exact) mass is 231 g/mol. The van der Waals surface area contributed by atoms with Gasteiger partial charge in [0.2, 0.25) is 5.91 Å². The Balaban J connectivity index is 2.31. The van der Waals surface area contributed by atoms with Crippen molar-refractivity contribution in [1.82, 2.24) is 0 Å². The summed E-state index contributed by atoms with van der Waals surface area (Å²) in [7, 11) is 0. The van der Waals surface area contributed by atoms with Crippen molar-refractivity contribution in [2.45, 2.75) is 18.4 Å². The number of hydrogen-bond acceptors (Lipinski definition) is 4. The maximum absolute atomic E-state index is 11.0. The van der Waals surface area contributed by atoms with Crippen LogP contribution < -0.4 is 16.8 Å². The van der Waals surface area contributed by atoms with Gasteiger partial charge >= 0.3 is 0 Å². The highest BCUT2D eigenvalue weighted by atomic mass is 16.1. The Bertz CT molecular complexity index is 506. The molecule has 5 heteroatoms. The average molecular weight is 231 g/mol. The smallest absolute Gasteiger partial charge is 0.234 e. The molecule has 0 radical (unpaired) electrons. The summed E-state index contributed by atoms with van der Waals surface area (Å²) < 4.78 is 0. The maximum Gasteiger partial charge on any atom is 0.234 e. The zero-order valence-corrected chi connectivity index (χ0v) is 9.14. The summed E-state index contributed by atoms with van der Waals surface area (Å²) in [4.78, 5) is 21.8. The fourth-order valence-electron chi connectivity index (χ4n) is 2.01. The summed E-state index contributed by atoms with van der Waals surface area (Å²) in [5.41, 5.74) is 13.0. The Labute approximate surface area is 98.5 Å². The lowest BCUT2D eigenvalue weighted by Gasteiger charge is -2.13. The van der Waals surface area contributed by atoms with Crippen molar-refractivity contribution in [3.63, 3.8) is 0 Å². The molecule has 0 saturated heterocycles. The Kier molecular flexibility index (Phi) is 2.95. The molecule has 17 heavy (non-hydrogen) atoms. The Morgan fingerprint density at radius 1 is 1.47 bits per heavy atom. The third-order valence-electron chi connectivity index (χ3n) is 2.92. The van der Waals surface area contributed by atoms with Crippen LogP contribution in [0, 0.1) is 0 Å². The SMILES string of the molecule is NC(=O)C(N)CC1C(=C=O)Nc2ccccc21. The van der Waals surface area contributed by atoms with Gasteiger partial charge in [-0.3, -0.25) is 4.79 Å². The molecule has 1 amide bonds.